The summed E-state index contributed by atoms with van der Waals surface area (Å²) in [7, 11) is 0. The van der Waals surface area contributed by atoms with Crippen LogP contribution in [0.15, 0.2) is 53.0 Å². The molecule has 1 fully saturated rings. The second-order valence-electron chi connectivity index (χ2n) is 8.05. The molecule has 1 aromatic heterocycles. The Morgan fingerprint density at radius 3 is 2.66 bits per heavy atom. The quantitative estimate of drug-likeness (QED) is 0.616. The van der Waals surface area contributed by atoms with Crippen molar-refractivity contribution in [2.75, 3.05) is 13.1 Å². The summed E-state index contributed by atoms with van der Waals surface area (Å²) >= 11 is 3.59. The maximum absolute atomic E-state index is 12.3. The van der Waals surface area contributed by atoms with Crippen molar-refractivity contribution in [1.82, 2.24) is 19.8 Å². The number of aromatic nitrogens is 2. The molecule has 0 bridgehead atoms. The Morgan fingerprint density at radius 1 is 1.17 bits per heavy atom. The number of hydrogen-bond acceptors (Lipinski definition) is 3. The van der Waals surface area contributed by atoms with Gasteiger partial charge in [0.1, 0.15) is 5.82 Å². The van der Waals surface area contributed by atoms with E-state index >= 15 is 0 Å². The van der Waals surface area contributed by atoms with Crippen LogP contribution in [0, 0.1) is 5.92 Å². The zero-order chi connectivity index (χ0) is 20.4. The number of hydrogen-bond donors (Lipinski definition) is 1. The second kappa shape index (κ2) is 8.67. The lowest BCUT2D eigenvalue weighted by atomic mass is 9.95. The van der Waals surface area contributed by atoms with Crippen LogP contribution in [0.25, 0.3) is 16.7 Å². The van der Waals surface area contributed by atoms with Crippen molar-refractivity contribution < 1.29 is 4.79 Å². The van der Waals surface area contributed by atoms with E-state index < -0.39 is 0 Å². The van der Waals surface area contributed by atoms with Crippen LogP contribution in [0.2, 0.25) is 0 Å². The predicted octanol–water partition coefficient (Wildman–Crippen LogP) is 4.52. The van der Waals surface area contributed by atoms with Gasteiger partial charge >= 0.3 is 0 Å². The monoisotopic (exact) mass is 454 g/mol. The first-order valence-electron chi connectivity index (χ1n) is 10.3. The topological polar surface area (TPSA) is 50.2 Å². The third-order valence-electron chi connectivity index (χ3n) is 5.45. The minimum absolute atomic E-state index is 0.123. The van der Waals surface area contributed by atoms with Gasteiger partial charge in [-0.15, -0.1) is 0 Å². The normalized spacial score (nSPS) is 15.9. The summed E-state index contributed by atoms with van der Waals surface area (Å²) in [4.78, 5) is 19.7. The SMILES string of the molecule is CC(C)NC(=O)C1CCN(Cc2nc3ccccc3n2-c2cccc(Br)c2)CC1. The highest BCUT2D eigenvalue weighted by atomic mass is 79.9. The molecule has 1 saturated heterocycles. The molecule has 6 heteroatoms. The van der Waals surface area contributed by atoms with Gasteiger partial charge in [-0.25, -0.2) is 4.98 Å². The third kappa shape index (κ3) is 4.54. The lowest BCUT2D eigenvalue weighted by Gasteiger charge is -2.31. The Hall–Kier alpha value is -2.18. The molecule has 1 aliphatic heterocycles. The molecular weight excluding hydrogens is 428 g/mol. The summed E-state index contributed by atoms with van der Waals surface area (Å²) in [5.74, 6) is 1.35. The Morgan fingerprint density at radius 2 is 1.93 bits per heavy atom. The number of halogens is 1. The highest BCUT2D eigenvalue weighted by Gasteiger charge is 2.26. The third-order valence-corrected chi connectivity index (χ3v) is 5.94. The van der Waals surface area contributed by atoms with E-state index in [4.69, 9.17) is 4.98 Å². The highest BCUT2D eigenvalue weighted by molar-refractivity contribution is 9.10. The average molecular weight is 455 g/mol. The van der Waals surface area contributed by atoms with E-state index in [-0.39, 0.29) is 17.9 Å². The zero-order valence-electron chi connectivity index (χ0n) is 16.9. The number of amides is 1. The fourth-order valence-electron chi connectivity index (χ4n) is 4.04. The van der Waals surface area contributed by atoms with Gasteiger partial charge in [0, 0.05) is 22.1 Å². The number of rotatable bonds is 5. The average Bonchev–Trinajstić information content (AvgIpc) is 3.05. The van der Waals surface area contributed by atoms with E-state index in [0.29, 0.717) is 0 Å². The molecule has 0 unspecified atom stereocenters. The van der Waals surface area contributed by atoms with Crippen LogP contribution < -0.4 is 5.32 Å². The maximum Gasteiger partial charge on any atom is 0.223 e. The Balaban J connectivity index is 1.55. The smallest absolute Gasteiger partial charge is 0.223 e. The summed E-state index contributed by atoms with van der Waals surface area (Å²) in [5.41, 5.74) is 3.23. The molecule has 2 aromatic carbocycles. The molecule has 0 spiro atoms. The molecule has 0 saturated carbocycles. The number of para-hydroxylation sites is 2. The number of nitrogens with zero attached hydrogens (tertiary/aromatic N) is 3. The summed E-state index contributed by atoms with van der Waals surface area (Å²) in [6.07, 6.45) is 1.80. The number of likely N-dealkylation sites (tertiary alicyclic amines) is 1. The number of nitrogens with one attached hydrogen (secondary N) is 1. The first-order chi connectivity index (χ1) is 14.0. The summed E-state index contributed by atoms with van der Waals surface area (Å²) in [5, 5.41) is 3.05. The van der Waals surface area contributed by atoms with Crippen LogP contribution in [0.4, 0.5) is 0 Å². The number of piperidine rings is 1. The Kier molecular flexibility index (Phi) is 6.01. The lowest BCUT2D eigenvalue weighted by molar-refractivity contribution is -0.127. The van der Waals surface area contributed by atoms with Gasteiger partial charge in [0.25, 0.3) is 0 Å². The van der Waals surface area contributed by atoms with Crippen LogP contribution in [-0.2, 0) is 11.3 Å². The molecule has 1 aliphatic rings. The number of fused-ring (bicyclic) bond motifs is 1. The number of carbonyl (C=O) groups is 1. The van der Waals surface area contributed by atoms with Crippen LogP contribution in [-0.4, -0.2) is 39.5 Å². The molecule has 1 amide bonds. The molecule has 0 aliphatic carbocycles. The van der Waals surface area contributed by atoms with E-state index in [2.05, 4.69) is 67.1 Å². The molecule has 5 nitrogen and oxygen atoms in total. The second-order valence-corrected chi connectivity index (χ2v) is 8.96. The summed E-state index contributed by atoms with van der Waals surface area (Å²) in [6, 6.07) is 16.8. The van der Waals surface area contributed by atoms with Crippen molar-refractivity contribution in [3.8, 4) is 5.69 Å². The van der Waals surface area contributed by atoms with Gasteiger partial charge in [-0.05, 0) is 70.1 Å². The van der Waals surface area contributed by atoms with Gasteiger partial charge in [-0.2, -0.15) is 0 Å². The van der Waals surface area contributed by atoms with Crippen molar-refractivity contribution in [3.63, 3.8) is 0 Å². The minimum Gasteiger partial charge on any atom is -0.354 e. The van der Waals surface area contributed by atoms with Gasteiger partial charge in [-0.1, -0.05) is 34.1 Å². The van der Waals surface area contributed by atoms with Gasteiger partial charge in [0.15, 0.2) is 0 Å². The van der Waals surface area contributed by atoms with Gasteiger partial charge in [-0.3, -0.25) is 14.3 Å². The van der Waals surface area contributed by atoms with Crippen LogP contribution >= 0.6 is 15.9 Å². The minimum atomic E-state index is 0.123. The number of benzene rings is 2. The van der Waals surface area contributed by atoms with E-state index in [0.717, 1.165) is 59.5 Å². The van der Waals surface area contributed by atoms with E-state index in [9.17, 15) is 4.79 Å². The maximum atomic E-state index is 12.3. The summed E-state index contributed by atoms with van der Waals surface area (Å²) < 4.78 is 3.30. The zero-order valence-corrected chi connectivity index (χ0v) is 18.5. The molecule has 2 heterocycles. The summed E-state index contributed by atoms with van der Waals surface area (Å²) in [6.45, 7) is 6.63. The molecule has 0 radical (unpaired) electrons. The van der Waals surface area contributed by atoms with E-state index in [1.807, 2.05) is 26.0 Å². The Bertz CT molecular complexity index is 1010. The van der Waals surface area contributed by atoms with Crippen LogP contribution in [0.3, 0.4) is 0 Å². The van der Waals surface area contributed by atoms with Gasteiger partial charge < -0.3 is 5.32 Å². The number of imidazole rings is 1. The molecular formula is C23H27BrN4O. The molecule has 1 N–H and O–H groups in total. The predicted molar refractivity (Wildman–Crippen MR) is 120 cm³/mol. The van der Waals surface area contributed by atoms with Crippen molar-refractivity contribution in [1.29, 1.82) is 0 Å². The fraction of sp³-hybridized carbons (Fsp3) is 0.391. The van der Waals surface area contributed by atoms with Crippen molar-refractivity contribution in [2.45, 2.75) is 39.3 Å². The van der Waals surface area contributed by atoms with Crippen LogP contribution in [0.1, 0.15) is 32.5 Å². The fourth-order valence-corrected chi connectivity index (χ4v) is 4.43. The van der Waals surface area contributed by atoms with Crippen molar-refractivity contribution >= 4 is 32.9 Å². The molecule has 3 aromatic rings. The van der Waals surface area contributed by atoms with E-state index in [1.54, 1.807) is 0 Å². The molecule has 4 rings (SSSR count). The highest BCUT2D eigenvalue weighted by Crippen LogP contribution is 2.26. The van der Waals surface area contributed by atoms with Crippen LogP contribution in [0.5, 0.6) is 0 Å². The lowest BCUT2D eigenvalue weighted by Crippen LogP contribution is -2.42. The van der Waals surface area contributed by atoms with Gasteiger partial charge in [0.2, 0.25) is 5.91 Å². The first-order valence-corrected chi connectivity index (χ1v) is 11.1. The first kappa shape index (κ1) is 20.1. The number of carbonyl (C=O) groups excluding carboxylic acids is 1. The molecule has 29 heavy (non-hydrogen) atoms. The largest absolute Gasteiger partial charge is 0.354 e. The van der Waals surface area contributed by atoms with Crippen molar-refractivity contribution in [3.05, 3.63) is 58.8 Å². The van der Waals surface area contributed by atoms with Crippen molar-refractivity contribution in [2.24, 2.45) is 5.92 Å². The molecule has 152 valence electrons. The molecule has 0 atom stereocenters. The van der Waals surface area contributed by atoms with E-state index in [1.165, 1.54) is 0 Å². The standard InChI is InChI=1S/C23H27BrN4O/c1-16(2)25-23(29)17-10-12-27(13-11-17)15-22-26-20-8-3-4-9-21(20)28(22)19-7-5-6-18(24)14-19/h3-9,14,16-17H,10-13,15H2,1-2H3,(H,25,29). The van der Waals surface area contributed by atoms with Gasteiger partial charge in [0.05, 0.1) is 17.6 Å². The Labute approximate surface area is 180 Å².